The molecule has 2 amide bonds. The van der Waals surface area contributed by atoms with Crippen molar-refractivity contribution < 1.29 is 19.1 Å². The Labute approximate surface area is 202 Å². The van der Waals surface area contributed by atoms with Crippen LogP contribution in [0.1, 0.15) is 72.6 Å². The topological polar surface area (TPSA) is 59.1 Å². The molecule has 6 heteroatoms. The second-order valence-electron chi connectivity index (χ2n) is 9.28. The second-order valence-corrected chi connectivity index (χ2v) is 9.28. The predicted molar refractivity (Wildman–Crippen MR) is 133 cm³/mol. The van der Waals surface area contributed by atoms with Crippen LogP contribution >= 0.6 is 0 Å². The summed E-state index contributed by atoms with van der Waals surface area (Å²) in [6.07, 6.45) is 7.22. The van der Waals surface area contributed by atoms with Gasteiger partial charge in [-0.05, 0) is 75.3 Å². The highest BCUT2D eigenvalue weighted by atomic mass is 16.5. The Hall–Kier alpha value is -3.02. The van der Waals surface area contributed by atoms with Crippen LogP contribution in [0.5, 0.6) is 11.5 Å². The van der Waals surface area contributed by atoms with Crippen LogP contribution in [0.15, 0.2) is 48.5 Å². The average molecular weight is 465 g/mol. The minimum atomic E-state index is 0.0143. The fourth-order valence-electron chi connectivity index (χ4n) is 5.08. The van der Waals surface area contributed by atoms with E-state index in [-0.39, 0.29) is 24.0 Å². The van der Waals surface area contributed by atoms with E-state index < -0.39 is 0 Å². The smallest absolute Gasteiger partial charge is 0.254 e. The van der Waals surface area contributed by atoms with Gasteiger partial charge in [-0.2, -0.15) is 0 Å². The van der Waals surface area contributed by atoms with Crippen molar-refractivity contribution in [1.29, 1.82) is 0 Å². The van der Waals surface area contributed by atoms with Gasteiger partial charge in [-0.15, -0.1) is 0 Å². The third kappa shape index (κ3) is 5.54. The van der Waals surface area contributed by atoms with E-state index >= 15 is 0 Å². The third-order valence-corrected chi connectivity index (χ3v) is 6.94. The van der Waals surface area contributed by atoms with Crippen LogP contribution in [0.3, 0.4) is 0 Å². The molecule has 0 bridgehead atoms. The summed E-state index contributed by atoms with van der Waals surface area (Å²) in [5.74, 6) is 1.40. The Bertz CT molecular complexity index is 964. The van der Waals surface area contributed by atoms with Crippen molar-refractivity contribution in [2.75, 3.05) is 26.7 Å². The number of nitrogens with zero attached hydrogens (tertiary/aromatic N) is 2. The molecule has 2 aromatic rings. The number of hydrogen-bond donors (Lipinski definition) is 0. The molecule has 0 radical (unpaired) electrons. The summed E-state index contributed by atoms with van der Waals surface area (Å²) in [5.41, 5.74) is 1.33. The van der Waals surface area contributed by atoms with Gasteiger partial charge in [0.25, 0.3) is 11.8 Å². The molecule has 0 aromatic heterocycles. The maximum absolute atomic E-state index is 13.5. The number of benzene rings is 2. The monoisotopic (exact) mass is 464 g/mol. The molecular formula is C28H36N2O4. The highest BCUT2D eigenvalue weighted by Crippen LogP contribution is 2.33. The number of rotatable bonds is 8. The summed E-state index contributed by atoms with van der Waals surface area (Å²) in [4.78, 5) is 30.2. The minimum absolute atomic E-state index is 0.0143. The van der Waals surface area contributed by atoms with Crippen LogP contribution in [-0.2, 0) is 0 Å². The van der Waals surface area contributed by atoms with E-state index in [0.29, 0.717) is 36.7 Å². The summed E-state index contributed by atoms with van der Waals surface area (Å²) in [6.45, 7) is 4.10. The van der Waals surface area contributed by atoms with Gasteiger partial charge in [-0.1, -0.05) is 25.1 Å². The van der Waals surface area contributed by atoms with E-state index in [1.54, 1.807) is 7.11 Å². The predicted octanol–water partition coefficient (Wildman–Crippen LogP) is 5.17. The molecule has 1 saturated heterocycles. The van der Waals surface area contributed by atoms with Crippen molar-refractivity contribution in [3.63, 3.8) is 0 Å². The molecule has 34 heavy (non-hydrogen) atoms. The number of ether oxygens (including phenoxy) is 2. The molecule has 1 saturated carbocycles. The molecule has 1 aliphatic carbocycles. The molecule has 4 rings (SSSR count). The molecule has 2 fully saturated rings. The van der Waals surface area contributed by atoms with Gasteiger partial charge in [0.15, 0.2) is 11.5 Å². The van der Waals surface area contributed by atoms with Crippen molar-refractivity contribution in [3.8, 4) is 11.5 Å². The summed E-state index contributed by atoms with van der Waals surface area (Å²) >= 11 is 0. The number of carbonyl (C=O) groups excluding carboxylic acids is 2. The van der Waals surface area contributed by atoms with Crippen LogP contribution in [0.25, 0.3) is 0 Å². The van der Waals surface area contributed by atoms with Gasteiger partial charge in [0.1, 0.15) is 0 Å². The van der Waals surface area contributed by atoms with E-state index in [4.69, 9.17) is 9.47 Å². The summed E-state index contributed by atoms with van der Waals surface area (Å²) < 4.78 is 11.7. The number of likely N-dealkylation sites (tertiary alicyclic amines) is 1. The van der Waals surface area contributed by atoms with Crippen molar-refractivity contribution in [2.24, 2.45) is 0 Å². The van der Waals surface area contributed by atoms with E-state index in [1.807, 2.05) is 58.3 Å². The lowest BCUT2D eigenvalue weighted by Crippen LogP contribution is -2.49. The van der Waals surface area contributed by atoms with Crippen LogP contribution < -0.4 is 9.47 Å². The Morgan fingerprint density at radius 1 is 0.941 bits per heavy atom. The number of methoxy groups -OCH3 is 1. The van der Waals surface area contributed by atoms with Gasteiger partial charge >= 0.3 is 0 Å². The summed E-state index contributed by atoms with van der Waals surface area (Å²) in [6, 6.07) is 15.1. The largest absolute Gasteiger partial charge is 0.493 e. The van der Waals surface area contributed by atoms with Crippen molar-refractivity contribution in [1.82, 2.24) is 9.80 Å². The van der Waals surface area contributed by atoms with Crippen molar-refractivity contribution in [2.45, 2.75) is 64.0 Å². The lowest BCUT2D eigenvalue weighted by atomic mass is 10.0. The molecule has 2 aliphatic rings. The highest BCUT2D eigenvalue weighted by Gasteiger charge is 2.30. The fourth-order valence-corrected chi connectivity index (χ4v) is 5.08. The SMILES string of the molecule is CCCN(C(=O)c1ccc(OC2CCCC2)c(OC)c1)C1CCN(C(=O)c2ccccc2)CC1. The molecule has 1 heterocycles. The molecule has 0 atom stereocenters. The lowest BCUT2D eigenvalue weighted by Gasteiger charge is -2.38. The van der Waals surface area contributed by atoms with Gasteiger partial charge in [0.2, 0.25) is 0 Å². The van der Waals surface area contributed by atoms with Gasteiger partial charge in [-0.25, -0.2) is 0 Å². The quantitative estimate of drug-likeness (QED) is 0.541. The second kappa shape index (κ2) is 11.4. The Kier molecular flexibility index (Phi) is 8.09. The first-order chi connectivity index (χ1) is 16.6. The number of carbonyl (C=O) groups is 2. The number of hydrogen-bond acceptors (Lipinski definition) is 4. The first kappa shape index (κ1) is 24.1. The van der Waals surface area contributed by atoms with Gasteiger partial charge < -0.3 is 19.3 Å². The molecule has 0 spiro atoms. The molecular weight excluding hydrogens is 428 g/mol. The molecule has 0 N–H and O–H groups in total. The molecule has 182 valence electrons. The van der Waals surface area contributed by atoms with E-state index in [1.165, 1.54) is 12.8 Å². The van der Waals surface area contributed by atoms with Crippen LogP contribution in [-0.4, -0.2) is 60.5 Å². The Morgan fingerprint density at radius 3 is 2.29 bits per heavy atom. The Morgan fingerprint density at radius 2 is 1.65 bits per heavy atom. The zero-order valence-electron chi connectivity index (χ0n) is 20.4. The minimum Gasteiger partial charge on any atom is -0.493 e. The molecule has 6 nitrogen and oxygen atoms in total. The number of piperidine rings is 1. The number of amides is 2. The summed E-state index contributed by atoms with van der Waals surface area (Å²) in [7, 11) is 1.62. The van der Waals surface area contributed by atoms with Crippen molar-refractivity contribution >= 4 is 11.8 Å². The van der Waals surface area contributed by atoms with Crippen molar-refractivity contribution in [3.05, 3.63) is 59.7 Å². The van der Waals surface area contributed by atoms with Gasteiger partial charge in [0.05, 0.1) is 13.2 Å². The highest BCUT2D eigenvalue weighted by molar-refractivity contribution is 5.95. The van der Waals surface area contributed by atoms with Crippen LogP contribution in [0.4, 0.5) is 0 Å². The Balaban J connectivity index is 1.42. The first-order valence-electron chi connectivity index (χ1n) is 12.6. The van der Waals surface area contributed by atoms with E-state index in [9.17, 15) is 9.59 Å². The first-order valence-corrected chi connectivity index (χ1v) is 12.6. The zero-order chi connectivity index (χ0) is 23.9. The van der Waals surface area contributed by atoms with Crippen LogP contribution in [0.2, 0.25) is 0 Å². The average Bonchev–Trinajstić information content (AvgIpc) is 3.40. The van der Waals surface area contributed by atoms with E-state index in [2.05, 4.69) is 6.92 Å². The lowest BCUT2D eigenvalue weighted by molar-refractivity contribution is 0.0519. The molecule has 0 unspecified atom stereocenters. The van der Waals surface area contributed by atoms with E-state index in [0.717, 1.165) is 37.7 Å². The molecule has 1 aliphatic heterocycles. The molecule has 2 aromatic carbocycles. The maximum Gasteiger partial charge on any atom is 0.254 e. The third-order valence-electron chi connectivity index (χ3n) is 6.94. The zero-order valence-corrected chi connectivity index (χ0v) is 20.4. The normalized spacial score (nSPS) is 16.9. The fraction of sp³-hybridized carbons (Fsp3) is 0.500. The van der Waals surface area contributed by atoms with Gasteiger partial charge in [0, 0.05) is 36.8 Å². The van der Waals surface area contributed by atoms with Crippen LogP contribution in [0, 0.1) is 0 Å². The maximum atomic E-state index is 13.5. The van der Waals surface area contributed by atoms with Gasteiger partial charge in [-0.3, -0.25) is 9.59 Å². The standard InChI is InChI=1S/C28H36N2O4/c1-3-17-30(23-15-18-29(19-16-23)27(31)21-9-5-4-6-10-21)28(32)22-13-14-25(26(20-22)33-2)34-24-11-7-8-12-24/h4-6,9-10,13-14,20,23-24H,3,7-8,11-12,15-19H2,1-2H3. The summed E-state index contributed by atoms with van der Waals surface area (Å²) in [5, 5.41) is 0.